The predicted molar refractivity (Wildman–Crippen MR) is 124 cm³/mol. The highest BCUT2D eigenvalue weighted by Crippen LogP contribution is 2.31. The lowest BCUT2D eigenvalue weighted by atomic mass is 10.1. The van der Waals surface area contributed by atoms with Gasteiger partial charge in [0.2, 0.25) is 5.91 Å². The predicted octanol–water partition coefficient (Wildman–Crippen LogP) is 4.75. The van der Waals surface area contributed by atoms with Crippen molar-refractivity contribution >= 4 is 35.0 Å². The zero-order valence-corrected chi connectivity index (χ0v) is 18.7. The SMILES string of the molecule is CCn1c(SCC(=O)Nc2cccc(Cl)c2)nnc1-c1cn(C)nc1-c1ccccc1. The van der Waals surface area contributed by atoms with Gasteiger partial charge in [-0.1, -0.05) is 59.8 Å². The van der Waals surface area contributed by atoms with Crippen molar-refractivity contribution in [3.63, 3.8) is 0 Å². The molecule has 0 spiro atoms. The second-order valence-electron chi connectivity index (χ2n) is 6.83. The fourth-order valence-electron chi connectivity index (χ4n) is 3.23. The summed E-state index contributed by atoms with van der Waals surface area (Å²) < 4.78 is 3.78. The first-order valence-corrected chi connectivity index (χ1v) is 11.1. The Bertz CT molecular complexity index is 1200. The van der Waals surface area contributed by atoms with Crippen LogP contribution in [0, 0.1) is 0 Å². The quantitative estimate of drug-likeness (QED) is 0.409. The summed E-state index contributed by atoms with van der Waals surface area (Å²) in [6, 6.07) is 17.1. The van der Waals surface area contributed by atoms with Crippen LogP contribution < -0.4 is 5.32 Å². The van der Waals surface area contributed by atoms with Crippen LogP contribution in [0.4, 0.5) is 5.69 Å². The molecule has 158 valence electrons. The van der Waals surface area contributed by atoms with Crippen LogP contribution in [0.2, 0.25) is 5.02 Å². The number of rotatable bonds is 7. The Kier molecular flexibility index (Phi) is 6.39. The standard InChI is InChI=1S/C22H21ClN6OS/c1-3-29-21(18-13-28(2)27-20(18)15-8-5-4-6-9-15)25-26-22(29)31-14-19(30)24-17-11-7-10-16(23)12-17/h4-13H,3,14H2,1-2H3,(H,24,30). The van der Waals surface area contributed by atoms with E-state index in [0.29, 0.717) is 22.4 Å². The molecular weight excluding hydrogens is 432 g/mol. The van der Waals surface area contributed by atoms with Gasteiger partial charge >= 0.3 is 0 Å². The molecule has 4 rings (SSSR count). The first kappa shape index (κ1) is 21.1. The van der Waals surface area contributed by atoms with E-state index in [1.807, 2.05) is 55.1 Å². The summed E-state index contributed by atoms with van der Waals surface area (Å²) >= 11 is 7.32. The summed E-state index contributed by atoms with van der Waals surface area (Å²) in [5.74, 6) is 0.807. The molecule has 2 aromatic heterocycles. The number of anilines is 1. The van der Waals surface area contributed by atoms with Gasteiger partial charge in [-0.05, 0) is 25.1 Å². The van der Waals surface area contributed by atoms with Crippen LogP contribution in [0.15, 0.2) is 66.0 Å². The highest BCUT2D eigenvalue weighted by molar-refractivity contribution is 7.99. The van der Waals surface area contributed by atoms with E-state index in [1.165, 1.54) is 11.8 Å². The number of hydrogen-bond acceptors (Lipinski definition) is 5. The zero-order valence-electron chi connectivity index (χ0n) is 17.1. The van der Waals surface area contributed by atoms with Crippen LogP contribution in [-0.2, 0) is 18.4 Å². The molecule has 31 heavy (non-hydrogen) atoms. The van der Waals surface area contributed by atoms with Crippen LogP contribution in [0.3, 0.4) is 0 Å². The van der Waals surface area contributed by atoms with Crippen LogP contribution >= 0.6 is 23.4 Å². The second-order valence-corrected chi connectivity index (χ2v) is 8.21. The van der Waals surface area contributed by atoms with Gasteiger partial charge in [-0.2, -0.15) is 5.10 Å². The van der Waals surface area contributed by atoms with E-state index in [4.69, 9.17) is 11.6 Å². The molecule has 0 fully saturated rings. The van der Waals surface area contributed by atoms with E-state index in [1.54, 1.807) is 28.9 Å². The minimum absolute atomic E-state index is 0.133. The van der Waals surface area contributed by atoms with Crippen molar-refractivity contribution in [1.29, 1.82) is 0 Å². The van der Waals surface area contributed by atoms with E-state index in [0.717, 1.165) is 22.6 Å². The molecule has 0 atom stereocenters. The third-order valence-electron chi connectivity index (χ3n) is 4.59. The van der Waals surface area contributed by atoms with Crippen molar-refractivity contribution in [3.8, 4) is 22.6 Å². The monoisotopic (exact) mass is 452 g/mol. The molecule has 0 saturated heterocycles. The van der Waals surface area contributed by atoms with Crippen LogP contribution in [0.1, 0.15) is 6.92 Å². The summed E-state index contributed by atoms with van der Waals surface area (Å²) in [4.78, 5) is 12.4. The lowest BCUT2D eigenvalue weighted by molar-refractivity contribution is -0.113. The van der Waals surface area contributed by atoms with Crippen molar-refractivity contribution in [2.24, 2.45) is 7.05 Å². The summed E-state index contributed by atoms with van der Waals surface area (Å²) in [6.07, 6.45) is 1.94. The minimum Gasteiger partial charge on any atom is -0.325 e. The van der Waals surface area contributed by atoms with Crippen LogP contribution in [0.25, 0.3) is 22.6 Å². The summed E-state index contributed by atoms with van der Waals surface area (Å²) in [6.45, 7) is 2.70. The number of aryl methyl sites for hydroxylation is 1. The number of carbonyl (C=O) groups excluding carboxylic acids is 1. The lowest BCUT2D eigenvalue weighted by Crippen LogP contribution is -2.14. The second kappa shape index (κ2) is 9.36. The van der Waals surface area contributed by atoms with Gasteiger partial charge in [0.15, 0.2) is 11.0 Å². The Balaban J connectivity index is 1.54. The Morgan fingerprint density at radius 1 is 1.13 bits per heavy atom. The van der Waals surface area contributed by atoms with Gasteiger partial charge in [-0.25, -0.2) is 0 Å². The lowest BCUT2D eigenvalue weighted by Gasteiger charge is -2.08. The highest BCUT2D eigenvalue weighted by atomic mass is 35.5. The Labute approximate surface area is 189 Å². The molecule has 9 heteroatoms. The minimum atomic E-state index is -0.133. The molecule has 0 aliphatic carbocycles. The molecule has 0 unspecified atom stereocenters. The van der Waals surface area contributed by atoms with E-state index >= 15 is 0 Å². The molecular formula is C22H21ClN6OS. The number of thioether (sulfide) groups is 1. The van der Waals surface area contributed by atoms with Crippen molar-refractivity contribution < 1.29 is 4.79 Å². The molecule has 0 radical (unpaired) electrons. The number of halogens is 1. The van der Waals surface area contributed by atoms with Crippen molar-refractivity contribution in [2.45, 2.75) is 18.6 Å². The van der Waals surface area contributed by atoms with Crippen molar-refractivity contribution in [2.75, 3.05) is 11.1 Å². The normalized spacial score (nSPS) is 10.9. The number of nitrogens with zero attached hydrogens (tertiary/aromatic N) is 5. The zero-order chi connectivity index (χ0) is 21.8. The number of hydrogen-bond donors (Lipinski definition) is 1. The fraction of sp³-hybridized carbons (Fsp3) is 0.182. The molecule has 0 saturated carbocycles. The van der Waals surface area contributed by atoms with Gasteiger partial charge in [-0.15, -0.1) is 10.2 Å². The van der Waals surface area contributed by atoms with Crippen LogP contribution in [0.5, 0.6) is 0 Å². The van der Waals surface area contributed by atoms with E-state index in [9.17, 15) is 4.79 Å². The average molecular weight is 453 g/mol. The van der Waals surface area contributed by atoms with Gasteiger partial charge < -0.3 is 9.88 Å². The molecule has 0 aliphatic rings. The summed E-state index contributed by atoms with van der Waals surface area (Å²) in [5, 5.41) is 17.5. The maximum Gasteiger partial charge on any atom is 0.234 e. The molecule has 2 aromatic carbocycles. The molecule has 0 aliphatic heterocycles. The van der Waals surface area contributed by atoms with Gasteiger partial charge in [-0.3, -0.25) is 9.48 Å². The van der Waals surface area contributed by atoms with Crippen molar-refractivity contribution in [3.05, 3.63) is 65.8 Å². The van der Waals surface area contributed by atoms with E-state index in [2.05, 4.69) is 20.6 Å². The van der Waals surface area contributed by atoms with E-state index in [-0.39, 0.29) is 11.7 Å². The third kappa shape index (κ3) is 4.81. The largest absolute Gasteiger partial charge is 0.325 e. The maximum absolute atomic E-state index is 12.4. The van der Waals surface area contributed by atoms with Crippen LogP contribution in [-0.4, -0.2) is 36.2 Å². The first-order valence-electron chi connectivity index (χ1n) is 9.76. The molecule has 2 heterocycles. The van der Waals surface area contributed by atoms with Gasteiger partial charge in [0.05, 0.1) is 11.3 Å². The van der Waals surface area contributed by atoms with Gasteiger partial charge in [0, 0.05) is 36.1 Å². The number of nitrogens with one attached hydrogen (secondary N) is 1. The molecule has 0 bridgehead atoms. The molecule has 1 N–H and O–H groups in total. The Hall–Kier alpha value is -3.10. The molecule has 4 aromatic rings. The summed E-state index contributed by atoms with van der Waals surface area (Å²) in [7, 11) is 1.89. The highest BCUT2D eigenvalue weighted by Gasteiger charge is 2.20. The number of aromatic nitrogens is 5. The van der Waals surface area contributed by atoms with Gasteiger partial charge in [0.1, 0.15) is 5.69 Å². The molecule has 1 amide bonds. The maximum atomic E-state index is 12.4. The topological polar surface area (TPSA) is 77.6 Å². The Morgan fingerprint density at radius 3 is 2.68 bits per heavy atom. The summed E-state index contributed by atoms with van der Waals surface area (Å²) in [5.41, 5.74) is 3.43. The van der Waals surface area contributed by atoms with E-state index < -0.39 is 0 Å². The number of amides is 1. The smallest absolute Gasteiger partial charge is 0.234 e. The Morgan fingerprint density at radius 2 is 1.94 bits per heavy atom. The first-order chi connectivity index (χ1) is 15.0. The van der Waals surface area contributed by atoms with Crippen molar-refractivity contribution in [1.82, 2.24) is 24.5 Å². The fourth-order valence-corrected chi connectivity index (χ4v) is 4.23. The molecule has 7 nitrogen and oxygen atoms in total. The van der Waals surface area contributed by atoms with Gasteiger partial charge in [0.25, 0.3) is 0 Å². The number of carbonyl (C=O) groups is 1. The number of benzene rings is 2. The average Bonchev–Trinajstić information content (AvgIpc) is 3.35. The third-order valence-corrected chi connectivity index (χ3v) is 5.79.